The Balaban J connectivity index is 1.88. The molecule has 1 fully saturated rings. The molecule has 0 amide bonds. The molecule has 1 aromatic heterocycles. The van der Waals surface area contributed by atoms with Gasteiger partial charge in [0.2, 0.25) is 9.84 Å². The Morgan fingerprint density at radius 3 is 2.23 bits per heavy atom. The number of nitrogens with zero attached hydrogens (tertiary/aromatic N) is 3. The normalized spacial score (nSPS) is 16.0. The molecule has 2 N–H and O–H groups in total. The van der Waals surface area contributed by atoms with Gasteiger partial charge in [-0.05, 0) is 30.3 Å². The number of rotatable bonds is 4. The minimum atomic E-state index is -4.18. The molecule has 3 aromatic rings. The summed E-state index contributed by atoms with van der Waals surface area (Å²) in [5, 5.41) is 5.57. The van der Waals surface area contributed by atoms with Gasteiger partial charge < -0.3 is 4.90 Å². The summed E-state index contributed by atoms with van der Waals surface area (Å²) in [6.07, 6.45) is 1.11. The van der Waals surface area contributed by atoms with Gasteiger partial charge in [0.25, 0.3) is 10.2 Å². The molecular formula is C19H18F2N4O4S2. The van der Waals surface area contributed by atoms with Crippen molar-refractivity contribution in [2.45, 2.75) is 9.79 Å². The largest absolute Gasteiger partial charge is 0.367 e. The molecule has 2 heterocycles. The Bertz CT molecular complexity index is 1370. The molecule has 0 aliphatic carbocycles. The van der Waals surface area contributed by atoms with Crippen molar-refractivity contribution in [3.8, 4) is 0 Å². The molecule has 1 aliphatic rings. The fourth-order valence-electron chi connectivity index (χ4n) is 3.58. The van der Waals surface area contributed by atoms with Crippen molar-refractivity contribution >= 4 is 36.6 Å². The maximum Gasteiger partial charge on any atom is 0.277 e. The molecule has 0 atom stereocenters. The first-order chi connectivity index (χ1) is 14.6. The standard InChI is InChI=1S/C19H18F2N4O4S2/c20-13-2-1-3-15(10-13)30(26,27)18-12-23-17-11-14(21)4-5-16(17)19(18)24-6-8-25(9-7-24)31(22,28)29/h1-5,10-12H,6-9H2,(H2,22,28,29). The number of hydrogen-bond donors (Lipinski definition) is 1. The van der Waals surface area contributed by atoms with Gasteiger partial charge >= 0.3 is 0 Å². The SMILES string of the molecule is NS(=O)(=O)N1CCN(c2c(S(=O)(=O)c3cccc(F)c3)cnc3cc(F)ccc23)CC1. The smallest absolute Gasteiger partial charge is 0.277 e. The highest BCUT2D eigenvalue weighted by molar-refractivity contribution is 7.91. The van der Waals surface area contributed by atoms with Gasteiger partial charge in [0, 0.05) is 43.8 Å². The van der Waals surface area contributed by atoms with Crippen LogP contribution in [0.15, 0.2) is 58.5 Å². The monoisotopic (exact) mass is 468 g/mol. The zero-order valence-corrected chi connectivity index (χ0v) is 17.7. The molecule has 1 saturated heterocycles. The van der Waals surface area contributed by atoms with Crippen LogP contribution in [-0.4, -0.2) is 52.3 Å². The van der Waals surface area contributed by atoms with Gasteiger partial charge in [-0.15, -0.1) is 0 Å². The third-order valence-corrected chi connectivity index (χ3v) is 7.92. The zero-order chi connectivity index (χ0) is 22.4. The summed E-state index contributed by atoms with van der Waals surface area (Å²) in [5.41, 5.74) is 0.491. The number of benzene rings is 2. The average molecular weight is 469 g/mol. The number of pyridine rings is 1. The number of aromatic nitrogens is 1. The summed E-state index contributed by atoms with van der Waals surface area (Å²) in [7, 11) is -8.06. The minimum absolute atomic E-state index is 0.0449. The van der Waals surface area contributed by atoms with E-state index in [-0.39, 0.29) is 47.2 Å². The second-order valence-electron chi connectivity index (χ2n) is 7.02. The van der Waals surface area contributed by atoms with Crippen molar-refractivity contribution in [3.63, 3.8) is 0 Å². The van der Waals surface area contributed by atoms with Gasteiger partial charge in [-0.3, -0.25) is 4.98 Å². The fourth-order valence-corrected chi connectivity index (χ4v) is 5.72. The van der Waals surface area contributed by atoms with E-state index in [9.17, 15) is 25.6 Å². The predicted octanol–water partition coefficient (Wildman–Crippen LogP) is 1.67. The highest BCUT2D eigenvalue weighted by Gasteiger charge is 2.31. The lowest BCUT2D eigenvalue weighted by molar-refractivity contribution is 0.385. The number of nitrogens with two attached hydrogens (primary N) is 1. The van der Waals surface area contributed by atoms with Gasteiger partial charge in [-0.1, -0.05) is 6.07 Å². The van der Waals surface area contributed by atoms with Crippen molar-refractivity contribution in [3.05, 3.63) is 60.3 Å². The number of fused-ring (bicyclic) bond motifs is 1. The maximum atomic E-state index is 13.7. The van der Waals surface area contributed by atoms with Crippen LogP contribution >= 0.6 is 0 Å². The van der Waals surface area contributed by atoms with Crippen LogP contribution in [0.4, 0.5) is 14.5 Å². The van der Waals surface area contributed by atoms with Crippen molar-refractivity contribution < 1.29 is 25.6 Å². The van der Waals surface area contributed by atoms with E-state index in [1.807, 2.05) is 0 Å². The molecule has 8 nitrogen and oxygen atoms in total. The summed E-state index contributed by atoms with van der Waals surface area (Å²) >= 11 is 0. The van der Waals surface area contributed by atoms with Gasteiger partial charge in [0.05, 0.1) is 16.1 Å². The molecule has 12 heteroatoms. The molecule has 0 saturated carbocycles. The van der Waals surface area contributed by atoms with E-state index in [4.69, 9.17) is 5.14 Å². The van der Waals surface area contributed by atoms with E-state index >= 15 is 0 Å². The van der Waals surface area contributed by atoms with Crippen LogP contribution in [0, 0.1) is 11.6 Å². The third kappa shape index (κ3) is 4.11. The van der Waals surface area contributed by atoms with E-state index in [0.717, 1.165) is 22.6 Å². The first-order valence-corrected chi connectivity index (χ1v) is 12.2. The van der Waals surface area contributed by atoms with E-state index in [0.29, 0.717) is 5.39 Å². The van der Waals surface area contributed by atoms with E-state index in [1.54, 1.807) is 4.90 Å². The van der Waals surface area contributed by atoms with Gasteiger partial charge in [-0.25, -0.2) is 22.3 Å². The van der Waals surface area contributed by atoms with Crippen molar-refractivity contribution in [2.75, 3.05) is 31.1 Å². The van der Waals surface area contributed by atoms with E-state index in [2.05, 4.69) is 4.98 Å². The van der Waals surface area contributed by atoms with Crippen molar-refractivity contribution in [1.29, 1.82) is 0 Å². The second-order valence-corrected chi connectivity index (χ2v) is 10.5. The highest BCUT2D eigenvalue weighted by atomic mass is 32.2. The molecule has 164 valence electrons. The molecule has 0 unspecified atom stereocenters. The molecule has 31 heavy (non-hydrogen) atoms. The van der Waals surface area contributed by atoms with Crippen LogP contribution in [-0.2, 0) is 20.0 Å². The Labute approximate surface area is 178 Å². The topological polar surface area (TPSA) is 114 Å². The first kappa shape index (κ1) is 21.6. The lowest BCUT2D eigenvalue weighted by Crippen LogP contribution is -2.51. The molecular weight excluding hydrogens is 450 g/mol. The number of hydrogen-bond acceptors (Lipinski definition) is 6. The van der Waals surface area contributed by atoms with E-state index < -0.39 is 31.7 Å². The Kier molecular flexibility index (Phi) is 5.41. The lowest BCUT2D eigenvalue weighted by atomic mass is 10.1. The zero-order valence-electron chi connectivity index (χ0n) is 16.1. The first-order valence-electron chi connectivity index (χ1n) is 9.19. The summed E-state index contributed by atoms with van der Waals surface area (Å²) < 4.78 is 78.5. The van der Waals surface area contributed by atoms with Crippen molar-refractivity contribution in [2.24, 2.45) is 5.14 Å². The van der Waals surface area contributed by atoms with Crippen LogP contribution in [0.1, 0.15) is 0 Å². The molecule has 4 rings (SSSR count). The van der Waals surface area contributed by atoms with Gasteiger partial charge in [-0.2, -0.15) is 12.7 Å². The Hall–Kier alpha value is -2.67. The summed E-state index contributed by atoms with van der Waals surface area (Å²) in [5.74, 6) is -1.24. The second kappa shape index (κ2) is 7.79. The van der Waals surface area contributed by atoms with Gasteiger partial charge in [0.15, 0.2) is 0 Å². The molecule has 2 aromatic carbocycles. The molecule has 0 bridgehead atoms. The van der Waals surface area contributed by atoms with Crippen LogP contribution in [0.25, 0.3) is 10.9 Å². The summed E-state index contributed by atoms with van der Waals surface area (Å²) in [6.45, 7) is 0.393. The van der Waals surface area contributed by atoms with Crippen LogP contribution in [0.2, 0.25) is 0 Å². The average Bonchev–Trinajstić information content (AvgIpc) is 2.72. The van der Waals surface area contributed by atoms with Crippen LogP contribution in [0.3, 0.4) is 0 Å². The Morgan fingerprint density at radius 2 is 1.58 bits per heavy atom. The molecule has 1 aliphatic heterocycles. The molecule has 0 spiro atoms. The number of piperazine rings is 1. The van der Waals surface area contributed by atoms with E-state index in [1.165, 1.54) is 30.3 Å². The third-order valence-electron chi connectivity index (χ3n) is 5.08. The summed E-state index contributed by atoms with van der Waals surface area (Å²) in [4.78, 5) is 5.36. The maximum absolute atomic E-state index is 13.7. The lowest BCUT2D eigenvalue weighted by Gasteiger charge is -2.35. The van der Waals surface area contributed by atoms with Crippen LogP contribution < -0.4 is 10.0 Å². The number of halogens is 2. The summed E-state index contributed by atoms with van der Waals surface area (Å²) in [6, 6.07) is 8.39. The quantitative estimate of drug-likeness (QED) is 0.623. The number of sulfone groups is 1. The molecule has 0 radical (unpaired) electrons. The van der Waals surface area contributed by atoms with Crippen LogP contribution in [0.5, 0.6) is 0 Å². The van der Waals surface area contributed by atoms with Crippen molar-refractivity contribution in [1.82, 2.24) is 9.29 Å². The highest BCUT2D eigenvalue weighted by Crippen LogP contribution is 2.36. The Morgan fingerprint density at radius 1 is 0.903 bits per heavy atom. The number of anilines is 1. The minimum Gasteiger partial charge on any atom is -0.367 e. The fraction of sp³-hybridized carbons (Fsp3) is 0.211. The van der Waals surface area contributed by atoms with Gasteiger partial charge in [0.1, 0.15) is 16.5 Å². The predicted molar refractivity (Wildman–Crippen MR) is 110 cm³/mol.